The first-order valence-corrected chi connectivity index (χ1v) is 14.4. The number of benzene rings is 1. The maximum atomic E-state index is 12.8. The molecule has 4 aromatic rings. The standard InChI is InChI=1S/C34H42N6O3/c1-22(40-18-15-24(16-19-40)23-8-10-25(11-9-23)32(41)38(5)6)30-20-28-27(14-17-35-31(28)39(30)7)29-13-12-26(21-36-29)37-33(42)43-34(2,3)4/h8-14,17,20-22,24H,15-16,18-19H2,1-7H3,(H,37,42)/i5D3,6D3. The van der Waals surface area contributed by atoms with Crippen LogP contribution >= 0.6 is 0 Å². The van der Waals surface area contributed by atoms with Crippen LogP contribution < -0.4 is 5.32 Å². The molecule has 0 radical (unpaired) electrons. The summed E-state index contributed by atoms with van der Waals surface area (Å²) in [5, 5.41) is 3.69. The maximum Gasteiger partial charge on any atom is 0.412 e. The predicted octanol–water partition coefficient (Wildman–Crippen LogP) is 6.62. The van der Waals surface area contributed by atoms with Crippen LogP contribution in [0.5, 0.6) is 0 Å². The van der Waals surface area contributed by atoms with Gasteiger partial charge in [0.15, 0.2) is 0 Å². The van der Waals surface area contributed by atoms with Gasteiger partial charge >= 0.3 is 6.09 Å². The summed E-state index contributed by atoms with van der Waals surface area (Å²) in [6, 6.07) is 14.5. The number of hydrogen-bond donors (Lipinski definition) is 1. The van der Waals surface area contributed by atoms with Gasteiger partial charge in [0.1, 0.15) is 11.2 Å². The van der Waals surface area contributed by atoms with Crippen LogP contribution in [0.25, 0.3) is 22.3 Å². The number of hydrogen-bond acceptors (Lipinski definition) is 6. The Morgan fingerprint density at radius 2 is 1.79 bits per heavy atom. The highest BCUT2D eigenvalue weighted by Crippen LogP contribution is 2.36. The number of aryl methyl sites for hydroxylation is 1. The fourth-order valence-corrected chi connectivity index (χ4v) is 5.75. The summed E-state index contributed by atoms with van der Waals surface area (Å²) in [7, 11) is 2.02. The second-order valence-corrected chi connectivity index (χ2v) is 12.0. The van der Waals surface area contributed by atoms with E-state index >= 15 is 0 Å². The highest BCUT2D eigenvalue weighted by atomic mass is 16.6. The van der Waals surface area contributed by atoms with Gasteiger partial charge in [-0.1, -0.05) is 12.1 Å². The molecule has 1 fully saturated rings. The molecule has 1 aromatic carbocycles. The van der Waals surface area contributed by atoms with Crippen molar-refractivity contribution in [1.29, 1.82) is 0 Å². The molecule has 1 aliphatic rings. The van der Waals surface area contributed by atoms with Crippen LogP contribution in [0.4, 0.5) is 10.5 Å². The van der Waals surface area contributed by atoms with Gasteiger partial charge in [-0.25, -0.2) is 9.78 Å². The number of amides is 2. The van der Waals surface area contributed by atoms with E-state index in [1.807, 2.05) is 19.2 Å². The summed E-state index contributed by atoms with van der Waals surface area (Å²) in [6.45, 7) is 3.11. The molecule has 9 nitrogen and oxygen atoms in total. The van der Waals surface area contributed by atoms with Gasteiger partial charge in [-0.2, -0.15) is 0 Å². The van der Waals surface area contributed by atoms with Crippen LogP contribution in [0, 0.1) is 0 Å². The zero-order valence-corrected chi connectivity index (χ0v) is 25.2. The zero-order chi connectivity index (χ0) is 35.9. The minimum Gasteiger partial charge on any atom is -0.444 e. The van der Waals surface area contributed by atoms with Crippen molar-refractivity contribution in [3.05, 3.63) is 77.7 Å². The Balaban J connectivity index is 1.26. The number of nitrogens with one attached hydrogen (secondary N) is 1. The minimum absolute atomic E-state index is 0.0148. The van der Waals surface area contributed by atoms with Crippen molar-refractivity contribution in [2.45, 2.75) is 58.1 Å². The van der Waals surface area contributed by atoms with Gasteiger partial charge in [0, 0.05) is 63.7 Å². The fourth-order valence-electron chi connectivity index (χ4n) is 5.75. The van der Waals surface area contributed by atoms with Crippen LogP contribution in [-0.4, -0.2) is 69.0 Å². The van der Waals surface area contributed by atoms with Gasteiger partial charge in [-0.05, 0) is 102 Å². The van der Waals surface area contributed by atoms with E-state index < -0.39 is 31.6 Å². The van der Waals surface area contributed by atoms with Gasteiger partial charge in [0.25, 0.3) is 5.91 Å². The van der Waals surface area contributed by atoms with Crippen LogP contribution in [0.3, 0.4) is 0 Å². The molecule has 0 aliphatic carbocycles. The number of rotatable bonds is 6. The Labute approximate surface area is 262 Å². The molecule has 1 aliphatic heterocycles. The molecule has 0 spiro atoms. The molecule has 4 heterocycles. The van der Waals surface area contributed by atoms with Crippen LogP contribution in [0.2, 0.25) is 0 Å². The molecular weight excluding hydrogens is 540 g/mol. The monoisotopic (exact) mass is 588 g/mol. The Kier molecular flexibility index (Phi) is 6.58. The largest absolute Gasteiger partial charge is 0.444 e. The molecule has 9 heteroatoms. The van der Waals surface area contributed by atoms with E-state index in [-0.39, 0.29) is 22.4 Å². The molecule has 5 rings (SSSR count). The van der Waals surface area contributed by atoms with Gasteiger partial charge in [-0.15, -0.1) is 0 Å². The van der Waals surface area contributed by atoms with E-state index in [0.29, 0.717) is 5.69 Å². The van der Waals surface area contributed by atoms with Crippen molar-refractivity contribution in [2.75, 3.05) is 32.4 Å². The Bertz CT molecular complexity index is 1790. The number of fused-ring (bicyclic) bond motifs is 1. The van der Waals surface area contributed by atoms with Crippen molar-refractivity contribution in [1.82, 2.24) is 24.3 Å². The number of ether oxygens (including phenoxy) is 1. The molecule has 3 aromatic heterocycles. The summed E-state index contributed by atoms with van der Waals surface area (Å²) >= 11 is 0. The van der Waals surface area contributed by atoms with Gasteiger partial charge in [-0.3, -0.25) is 20.0 Å². The van der Waals surface area contributed by atoms with Crippen molar-refractivity contribution < 1.29 is 22.6 Å². The highest BCUT2D eigenvalue weighted by Gasteiger charge is 2.27. The number of pyridine rings is 2. The van der Waals surface area contributed by atoms with E-state index in [2.05, 4.69) is 37.7 Å². The SMILES string of the molecule is [2H]C([2H])([2H])N(C(=O)c1ccc(C2CCN(C(C)c3cc4c(-c5ccc(NC(=O)OC(C)(C)C)cn5)ccnc4n3C)CC2)cc1)C([2H])([2H])[2H]. The van der Waals surface area contributed by atoms with Crippen LogP contribution in [0.15, 0.2) is 60.9 Å². The predicted molar refractivity (Wildman–Crippen MR) is 170 cm³/mol. The van der Waals surface area contributed by atoms with E-state index in [9.17, 15) is 9.59 Å². The molecule has 1 N–H and O–H groups in total. The van der Waals surface area contributed by atoms with Crippen molar-refractivity contribution >= 4 is 28.7 Å². The lowest BCUT2D eigenvalue weighted by Crippen LogP contribution is -2.35. The number of likely N-dealkylation sites (tertiary alicyclic amines) is 1. The van der Waals surface area contributed by atoms with Gasteiger partial charge < -0.3 is 14.2 Å². The first-order valence-electron chi connectivity index (χ1n) is 17.4. The zero-order valence-electron chi connectivity index (χ0n) is 31.2. The second kappa shape index (κ2) is 12.2. The quantitative estimate of drug-likeness (QED) is 0.272. The summed E-state index contributed by atoms with van der Waals surface area (Å²) in [6.07, 6.45) is 4.61. The smallest absolute Gasteiger partial charge is 0.412 e. The lowest BCUT2D eigenvalue weighted by Gasteiger charge is -2.36. The molecule has 226 valence electrons. The molecule has 0 bridgehead atoms. The average molecular weight is 589 g/mol. The lowest BCUT2D eigenvalue weighted by atomic mass is 9.88. The van der Waals surface area contributed by atoms with Crippen molar-refractivity contribution in [3.63, 3.8) is 0 Å². The van der Waals surface area contributed by atoms with Crippen molar-refractivity contribution in [2.24, 2.45) is 7.05 Å². The summed E-state index contributed by atoms with van der Waals surface area (Å²) in [5.41, 5.74) is 4.63. The minimum atomic E-state index is -3.09. The number of aromatic nitrogens is 3. The third kappa shape index (κ3) is 6.72. The second-order valence-electron chi connectivity index (χ2n) is 12.0. The molecule has 1 unspecified atom stereocenters. The lowest BCUT2D eigenvalue weighted by molar-refractivity contribution is 0.0635. The Morgan fingerprint density at radius 1 is 1.07 bits per heavy atom. The molecule has 0 saturated carbocycles. The summed E-state index contributed by atoms with van der Waals surface area (Å²) in [5.74, 6) is -0.806. The summed E-state index contributed by atoms with van der Waals surface area (Å²) in [4.78, 5) is 36.7. The maximum absolute atomic E-state index is 12.8. The number of carbonyl (C=O) groups is 2. The first-order chi connectivity index (χ1) is 22.8. The molecule has 1 atom stereocenters. The third-order valence-electron chi connectivity index (χ3n) is 7.99. The Hall–Kier alpha value is -4.24. The van der Waals surface area contributed by atoms with Crippen molar-refractivity contribution in [3.8, 4) is 11.3 Å². The average Bonchev–Trinajstić information content (AvgIpc) is 3.35. The highest BCUT2D eigenvalue weighted by molar-refractivity contribution is 5.94. The topological polar surface area (TPSA) is 92.6 Å². The van der Waals surface area contributed by atoms with Crippen LogP contribution in [-0.2, 0) is 11.8 Å². The van der Waals surface area contributed by atoms with E-state index in [1.54, 1.807) is 51.4 Å². The van der Waals surface area contributed by atoms with Gasteiger partial charge in [0.2, 0.25) is 0 Å². The molecule has 43 heavy (non-hydrogen) atoms. The number of carbonyl (C=O) groups excluding carboxylic acids is 2. The van der Waals surface area contributed by atoms with Gasteiger partial charge in [0.05, 0.1) is 17.6 Å². The van der Waals surface area contributed by atoms with E-state index in [4.69, 9.17) is 13.0 Å². The number of piperidine rings is 1. The summed E-state index contributed by atoms with van der Waals surface area (Å²) < 4.78 is 52.7. The fraction of sp³-hybridized carbons (Fsp3) is 0.412. The molecular formula is C34H42N6O3. The molecule has 1 saturated heterocycles. The third-order valence-corrected chi connectivity index (χ3v) is 7.99. The number of nitrogens with zero attached hydrogens (tertiary/aromatic N) is 5. The normalized spacial score (nSPS) is 18.0. The van der Waals surface area contributed by atoms with E-state index in [1.165, 1.54) is 12.1 Å². The van der Waals surface area contributed by atoms with E-state index in [0.717, 1.165) is 59.5 Å². The van der Waals surface area contributed by atoms with Crippen LogP contribution in [0.1, 0.15) is 82.3 Å². The first kappa shape index (κ1) is 23.2. The Morgan fingerprint density at radius 3 is 2.42 bits per heavy atom. The molecule has 2 amide bonds. The number of anilines is 1.